The second kappa shape index (κ2) is 5.81. The summed E-state index contributed by atoms with van der Waals surface area (Å²) in [4.78, 5) is 0.840. The maximum absolute atomic E-state index is 13.8. The van der Waals surface area contributed by atoms with Crippen molar-refractivity contribution in [2.24, 2.45) is 0 Å². The van der Waals surface area contributed by atoms with Gasteiger partial charge in [-0.3, -0.25) is 0 Å². The SMILES string of the molecule is COC1CCC(NC2CCSc3c(F)cccc32)C1. The molecule has 1 N–H and O–H groups in total. The largest absolute Gasteiger partial charge is 0.381 e. The van der Waals surface area contributed by atoms with Crippen molar-refractivity contribution in [2.75, 3.05) is 12.9 Å². The van der Waals surface area contributed by atoms with Crippen LogP contribution in [0.5, 0.6) is 0 Å². The summed E-state index contributed by atoms with van der Waals surface area (Å²) < 4.78 is 19.2. The molecule has 2 nitrogen and oxygen atoms in total. The molecule has 0 radical (unpaired) electrons. The first-order chi connectivity index (χ1) is 9.28. The number of methoxy groups -OCH3 is 1. The second-order valence-electron chi connectivity index (χ2n) is 5.38. The number of benzene rings is 1. The van der Waals surface area contributed by atoms with Crippen LogP contribution in [0.1, 0.15) is 37.3 Å². The van der Waals surface area contributed by atoms with Gasteiger partial charge in [-0.15, -0.1) is 11.8 Å². The Morgan fingerprint density at radius 3 is 3.00 bits per heavy atom. The van der Waals surface area contributed by atoms with Gasteiger partial charge >= 0.3 is 0 Å². The molecule has 2 aliphatic rings. The lowest BCUT2D eigenvalue weighted by molar-refractivity contribution is 0.106. The van der Waals surface area contributed by atoms with Crippen molar-refractivity contribution in [1.29, 1.82) is 0 Å². The Balaban J connectivity index is 1.72. The number of hydrogen-bond acceptors (Lipinski definition) is 3. The van der Waals surface area contributed by atoms with Crippen LogP contribution in [0.2, 0.25) is 0 Å². The molecule has 1 fully saturated rings. The molecule has 1 aliphatic carbocycles. The van der Waals surface area contributed by atoms with Gasteiger partial charge in [-0.1, -0.05) is 12.1 Å². The van der Waals surface area contributed by atoms with E-state index in [0.29, 0.717) is 18.2 Å². The van der Waals surface area contributed by atoms with Gasteiger partial charge in [0.25, 0.3) is 0 Å². The highest BCUT2D eigenvalue weighted by Gasteiger charge is 2.29. The lowest BCUT2D eigenvalue weighted by Crippen LogP contribution is -2.33. The van der Waals surface area contributed by atoms with Crippen LogP contribution in [0.25, 0.3) is 0 Å². The molecule has 3 atom stereocenters. The molecule has 4 heteroatoms. The van der Waals surface area contributed by atoms with Crippen LogP contribution in [0.3, 0.4) is 0 Å². The van der Waals surface area contributed by atoms with Crippen molar-refractivity contribution in [3.63, 3.8) is 0 Å². The molecule has 0 amide bonds. The van der Waals surface area contributed by atoms with E-state index in [1.807, 2.05) is 6.07 Å². The fourth-order valence-electron chi connectivity index (χ4n) is 3.15. The zero-order chi connectivity index (χ0) is 13.2. The molecule has 104 valence electrons. The summed E-state index contributed by atoms with van der Waals surface area (Å²) in [6.07, 6.45) is 4.83. The van der Waals surface area contributed by atoms with Gasteiger partial charge in [0, 0.05) is 24.1 Å². The topological polar surface area (TPSA) is 21.3 Å². The second-order valence-corrected chi connectivity index (χ2v) is 6.49. The zero-order valence-electron chi connectivity index (χ0n) is 11.2. The van der Waals surface area contributed by atoms with Crippen LogP contribution >= 0.6 is 11.8 Å². The molecule has 0 spiro atoms. The van der Waals surface area contributed by atoms with Crippen molar-refractivity contribution < 1.29 is 9.13 Å². The van der Waals surface area contributed by atoms with Gasteiger partial charge in [-0.25, -0.2) is 4.39 Å². The van der Waals surface area contributed by atoms with Crippen molar-refractivity contribution >= 4 is 11.8 Å². The number of rotatable bonds is 3. The normalized spacial score (nSPS) is 30.3. The number of nitrogens with one attached hydrogen (secondary N) is 1. The fraction of sp³-hybridized carbons (Fsp3) is 0.600. The predicted octanol–water partition coefficient (Wildman–Crippen LogP) is 3.52. The highest BCUT2D eigenvalue weighted by Crippen LogP contribution is 2.38. The van der Waals surface area contributed by atoms with Crippen LogP contribution in [-0.2, 0) is 4.74 Å². The predicted molar refractivity (Wildman–Crippen MR) is 76.1 cm³/mol. The number of hydrogen-bond donors (Lipinski definition) is 1. The van der Waals surface area contributed by atoms with Crippen molar-refractivity contribution in [3.05, 3.63) is 29.6 Å². The monoisotopic (exact) mass is 281 g/mol. The first kappa shape index (κ1) is 13.4. The van der Waals surface area contributed by atoms with Crippen LogP contribution in [0.4, 0.5) is 4.39 Å². The molecule has 0 aromatic heterocycles. The first-order valence-corrected chi connectivity index (χ1v) is 7.96. The summed E-state index contributed by atoms with van der Waals surface area (Å²) in [5.41, 5.74) is 1.14. The lowest BCUT2D eigenvalue weighted by Gasteiger charge is -2.29. The average Bonchev–Trinajstić information content (AvgIpc) is 2.88. The minimum Gasteiger partial charge on any atom is -0.381 e. The molecular weight excluding hydrogens is 261 g/mol. The number of ether oxygens (including phenoxy) is 1. The van der Waals surface area contributed by atoms with Gasteiger partial charge in [-0.05, 0) is 43.1 Å². The molecule has 1 aromatic rings. The van der Waals surface area contributed by atoms with Crippen LogP contribution < -0.4 is 5.32 Å². The molecule has 1 aliphatic heterocycles. The molecule has 1 heterocycles. The summed E-state index contributed by atoms with van der Waals surface area (Å²) in [5, 5.41) is 3.71. The summed E-state index contributed by atoms with van der Waals surface area (Å²) in [6.45, 7) is 0. The van der Waals surface area contributed by atoms with E-state index in [2.05, 4.69) is 11.4 Å². The summed E-state index contributed by atoms with van der Waals surface area (Å²) >= 11 is 1.64. The highest BCUT2D eigenvalue weighted by atomic mass is 32.2. The van der Waals surface area contributed by atoms with E-state index in [9.17, 15) is 4.39 Å². The smallest absolute Gasteiger partial charge is 0.137 e. The van der Waals surface area contributed by atoms with Gasteiger partial charge in [0.15, 0.2) is 0 Å². The fourth-order valence-corrected chi connectivity index (χ4v) is 4.29. The average molecular weight is 281 g/mol. The van der Waals surface area contributed by atoms with E-state index >= 15 is 0 Å². The Hall–Kier alpha value is -0.580. The maximum atomic E-state index is 13.8. The minimum atomic E-state index is -0.0739. The molecule has 0 bridgehead atoms. The van der Waals surface area contributed by atoms with E-state index in [1.165, 1.54) is 0 Å². The molecule has 1 saturated carbocycles. The van der Waals surface area contributed by atoms with Crippen molar-refractivity contribution in [3.8, 4) is 0 Å². The zero-order valence-corrected chi connectivity index (χ0v) is 12.0. The summed E-state index contributed by atoms with van der Waals surface area (Å²) in [7, 11) is 1.79. The van der Waals surface area contributed by atoms with Crippen LogP contribution in [0, 0.1) is 5.82 Å². The quantitative estimate of drug-likeness (QED) is 0.916. The minimum absolute atomic E-state index is 0.0739. The third kappa shape index (κ3) is 2.81. The van der Waals surface area contributed by atoms with Gasteiger partial charge in [0.1, 0.15) is 5.82 Å². The molecule has 19 heavy (non-hydrogen) atoms. The third-order valence-corrected chi connectivity index (χ3v) is 5.34. The number of thioether (sulfide) groups is 1. The van der Waals surface area contributed by atoms with E-state index < -0.39 is 0 Å². The van der Waals surface area contributed by atoms with Gasteiger partial charge < -0.3 is 10.1 Å². The Morgan fingerprint density at radius 2 is 2.21 bits per heavy atom. The number of halogens is 1. The Morgan fingerprint density at radius 1 is 1.32 bits per heavy atom. The van der Waals surface area contributed by atoms with Crippen LogP contribution in [-0.4, -0.2) is 25.0 Å². The van der Waals surface area contributed by atoms with Crippen molar-refractivity contribution in [2.45, 2.75) is 48.8 Å². The van der Waals surface area contributed by atoms with E-state index in [0.717, 1.165) is 41.9 Å². The Kier molecular flexibility index (Phi) is 4.10. The highest BCUT2D eigenvalue weighted by molar-refractivity contribution is 7.99. The third-order valence-electron chi connectivity index (χ3n) is 4.18. The summed E-state index contributed by atoms with van der Waals surface area (Å²) in [5.74, 6) is 0.918. The molecule has 3 rings (SSSR count). The lowest BCUT2D eigenvalue weighted by atomic mass is 10.0. The number of fused-ring (bicyclic) bond motifs is 1. The van der Waals surface area contributed by atoms with Gasteiger partial charge in [-0.2, -0.15) is 0 Å². The van der Waals surface area contributed by atoms with E-state index in [1.54, 1.807) is 24.9 Å². The van der Waals surface area contributed by atoms with Crippen molar-refractivity contribution in [1.82, 2.24) is 5.32 Å². The van der Waals surface area contributed by atoms with Crippen LogP contribution in [0.15, 0.2) is 23.1 Å². The van der Waals surface area contributed by atoms with Gasteiger partial charge in [0.2, 0.25) is 0 Å². The van der Waals surface area contributed by atoms with E-state index in [4.69, 9.17) is 4.74 Å². The standard InChI is InChI=1S/C15H20FNOS/c1-18-11-6-5-10(9-11)17-14-7-8-19-15-12(14)3-2-4-13(15)16/h2-4,10-11,14,17H,5-9H2,1H3. The molecule has 0 saturated heterocycles. The molecule has 3 unspecified atom stereocenters. The Bertz CT molecular complexity index is 454. The maximum Gasteiger partial charge on any atom is 0.137 e. The van der Waals surface area contributed by atoms with Gasteiger partial charge in [0.05, 0.1) is 6.10 Å². The first-order valence-electron chi connectivity index (χ1n) is 6.98. The summed E-state index contributed by atoms with van der Waals surface area (Å²) in [6, 6.07) is 6.25. The molecular formula is C15H20FNOS. The molecule has 1 aromatic carbocycles. The van der Waals surface area contributed by atoms with E-state index in [-0.39, 0.29) is 5.82 Å². The Labute approximate surface area is 118 Å².